The summed E-state index contributed by atoms with van der Waals surface area (Å²) < 4.78 is 31.7. The van der Waals surface area contributed by atoms with E-state index in [1.807, 2.05) is 30.3 Å². The van der Waals surface area contributed by atoms with Crippen LogP contribution in [0.25, 0.3) is 0 Å². The minimum atomic E-state index is -4.03. The van der Waals surface area contributed by atoms with Crippen LogP contribution in [0.4, 0.5) is 0 Å². The van der Waals surface area contributed by atoms with Crippen LogP contribution in [-0.2, 0) is 10.3 Å². The third kappa shape index (κ3) is 1.66. The Morgan fingerprint density at radius 2 is 1.93 bits per heavy atom. The van der Waals surface area contributed by atoms with Crippen LogP contribution in [0.2, 0.25) is 0 Å². The Morgan fingerprint density at radius 3 is 2.36 bits per heavy atom. The van der Waals surface area contributed by atoms with Crippen molar-refractivity contribution in [1.82, 2.24) is 4.31 Å². The predicted molar refractivity (Wildman–Crippen MR) is 52.1 cm³/mol. The molecule has 0 aromatic heterocycles. The van der Waals surface area contributed by atoms with E-state index in [1.165, 1.54) is 0 Å². The zero-order chi connectivity index (χ0) is 10.2. The lowest BCUT2D eigenvalue weighted by atomic mass is 9.98. The number of nitrogens with zero attached hydrogens (tertiary/aromatic N) is 1. The number of hydrogen-bond donors (Lipinski definition) is 1. The summed E-state index contributed by atoms with van der Waals surface area (Å²) in [6, 6.07) is 9.13. The SMILES string of the molecule is O=S(=O)(O)N1CCC1c1ccccc1. The smallest absolute Gasteiger partial charge is 0.273 e. The van der Waals surface area contributed by atoms with Gasteiger partial charge in [0.25, 0.3) is 0 Å². The van der Waals surface area contributed by atoms with E-state index in [0.29, 0.717) is 6.54 Å². The summed E-state index contributed by atoms with van der Waals surface area (Å²) in [5.41, 5.74) is 0.927. The molecule has 0 aliphatic carbocycles. The number of hydrogen-bond acceptors (Lipinski definition) is 2. The second kappa shape index (κ2) is 3.34. The lowest BCUT2D eigenvalue weighted by molar-refractivity contribution is 0.182. The summed E-state index contributed by atoms with van der Waals surface area (Å²) in [7, 11) is -4.03. The van der Waals surface area contributed by atoms with Gasteiger partial charge in [-0.1, -0.05) is 30.3 Å². The summed E-state index contributed by atoms with van der Waals surface area (Å²) in [5.74, 6) is 0. The van der Waals surface area contributed by atoms with Gasteiger partial charge < -0.3 is 0 Å². The van der Waals surface area contributed by atoms with E-state index in [-0.39, 0.29) is 6.04 Å². The molecule has 1 heterocycles. The van der Waals surface area contributed by atoms with E-state index in [4.69, 9.17) is 4.55 Å². The minimum absolute atomic E-state index is 0.189. The second-order valence-electron chi connectivity index (χ2n) is 3.30. The first-order chi connectivity index (χ1) is 6.59. The Balaban J connectivity index is 2.23. The van der Waals surface area contributed by atoms with Crippen molar-refractivity contribution in [1.29, 1.82) is 0 Å². The molecule has 1 aromatic rings. The van der Waals surface area contributed by atoms with Gasteiger partial charge in [-0.15, -0.1) is 0 Å². The molecule has 1 fully saturated rings. The highest BCUT2D eigenvalue weighted by Crippen LogP contribution is 2.34. The molecule has 1 aromatic carbocycles. The first kappa shape index (κ1) is 9.64. The summed E-state index contributed by atoms with van der Waals surface area (Å²) in [6.07, 6.45) is 0.768. The Morgan fingerprint density at radius 1 is 1.29 bits per heavy atom. The zero-order valence-corrected chi connectivity index (χ0v) is 8.31. The van der Waals surface area contributed by atoms with Crippen molar-refractivity contribution < 1.29 is 13.0 Å². The summed E-state index contributed by atoms with van der Waals surface area (Å²) in [4.78, 5) is 0. The van der Waals surface area contributed by atoms with Gasteiger partial charge >= 0.3 is 10.3 Å². The Labute approximate surface area is 83.0 Å². The van der Waals surface area contributed by atoms with Crippen molar-refractivity contribution >= 4 is 10.3 Å². The first-order valence-electron chi connectivity index (χ1n) is 4.38. The molecule has 1 saturated heterocycles. The van der Waals surface area contributed by atoms with Crippen molar-refractivity contribution in [3.63, 3.8) is 0 Å². The average Bonchev–Trinajstić information content (AvgIpc) is 2.00. The van der Waals surface area contributed by atoms with Crippen LogP contribution < -0.4 is 0 Å². The molecule has 2 rings (SSSR count). The maximum atomic E-state index is 10.9. The Hall–Kier alpha value is -0.910. The molecule has 76 valence electrons. The quantitative estimate of drug-likeness (QED) is 0.752. The monoisotopic (exact) mass is 213 g/mol. The average molecular weight is 213 g/mol. The first-order valence-corrected chi connectivity index (χ1v) is 5.78. The van der Waals surface area contributed by atoms with E-state index in [2.05, 4.69) is 0 Å². The maximum Gasteiger partial charge on any atom is 0.336 e. The van der Waals surface area contributed by atoms with E-state index in [9.17, 15) is 8.42 Å². The van der Waals surface area contributed by atoms with Crippen molar-refractivity contribution in [3.05, 3.63) is 35.9 Å². The van der Waals surface area contributed by atoms with Crippen LogP contribution in [0.5, 0.6) is 0 Å². The molecule has 1 atom stereocenters. The minimum Gasteiger partial charge on any atom is -0.273 e. The highest BCUT2D eigenvalue weighted by molar-refractivity contribution is 7.83. The van der Waals surface area contributed by atoms with Crippen molar-refractivity contribution in [2.24, 2.45) is 0 Å². The van der Waals surface area contributed by atoms with Crippen molar-refractivity contribution in [3.8, 4) is 0 Å². The van der Waals surface area contributed by atoms with Crippen LogP contribution in [0, 0.1) is 0 Å². The largest absolute Gasteiger partial charge is 0.336 e. The standard InChI is InChI=1S/C9H11NO3S/c11-14(12,13)10-7-6-9(10)8-4-2-1-3-5-8/h1-5,9H,6-7H2,(H,11,12,13). The van der Waals surface area contributed by atoms with Crippen LogP contribution >= 0.6 is 0 Å². The van der Waals surface area contributed by atoms with E-state index >= 15 is 0 Å². The molecule has 1 aliphatic heterocycles. The Bertz CT molecular complexity index is 415. The van der Waals surface area contributed by atoms with Gasteiger partial charge in [-0.05, 0) is 12.0 Å². The van der Waals surface area contributed by atoms with Crippen LogP contribution in [0.3, 0.4) is 0 Å². The van der Waals surface area contributed by atoms with Gasteiger partial charge in [0, 0.05) is 6.54 Å². The molecular weight excluding hydrogens is 202 g/mol. The van der Waals surface area contributed by atoms with E-state index in [0.717, 1.165) is 16.3 Å². The predicted octanol–water partition coefficient (Wildman–Crippen LogP) is 1.24. The highest BCUT2D eigenvalue weighted by Gasteiger charge is 2.37. The van der Waals surface area contributed by atoms with Crippen LogP contribution in [-0.4, -0.2) is 23.8 Å². The third-order valence-corrected chi connectivity index (χ3v) is 3.48. The van der Waals surface area contributed by atoms with Crippen LogP contribution in [0.15, 0.2) is 30.3 Å². The van der Waals surface area contributed by atoms with Gasteiger partial charge in [-0.25, -0.2) is 0 Å². The van der Waals surface area contributed by atoms with Gasteiger partial charge in [0.15, 0.2) is 0 Å². The molecule has 1 aliphatic rings. The van der Waals surface area contributed by atoms with Crippen molar-refractivity contribution in [2.75, 3.05) is 6.54 Å². The van der Waals surface area contributed by atoms with Gasteiger partial charge in [0.05, 0.1) is 6.04 Å². The maximum absolute atomic E-state index is 10.9. The lowest BCUT2D eigenvalue weighted by Crippen LogP contribution is -2.44. The van der Waals surface area contributed by atoms with E-state index in [1.54, 1.807) is 0 Å². The van der Waals surface area contributed by atoms with Gasteiger partial charge in [-0.3, -0.25) is 4.55 Å². The molecule has 0 radical (unpaired) electrons. The highest BCUT2D eigenvalue weighted by atomic mass is 32.2. The number of rotatable bonds is 2. The van der Waals surface area contributed by atoms with E-state index < -0.39 is 10.3 Å². The third-order valence-electron chi connectivity index (χ3n) is 2.45. The fourth-order valence-corrected chi connectivity index (χ4v) is 2.53. The molecular formula is C9H11NO3S. The molecule has 0 amide bonds. The molecule has 14 heavy (non-hydrogen) atoms. The molecule has 5 heteroatoms. The second-order valence-corrected chi connectivity index (χ2v) is 4.67. The summed E-state index contributed by atoms with van der Waals surface area (Å²) >= 11 is 0. The topological polar surface area (TPSA) is 57.6 Å². The summed E-state index contributed by atoms with van der Waals surface area (Å²) in [6.45, 7) is 0.401. The van der Waals surface area contributed by atoms with Crippen LogP contribution in [0.1, 0.15) is 18.0 Å². The Kier molecular flexibility index (Phi) is 2.30. The fourth-order valence-electron chi connectivity index (χ4n) is 1.65. The summed E-state index contributed by atoms with van der Waals surface area (Å²) in [5, 5.41) is 0. The van der Waals surface area contributed by atoms with Crippen molar-refractivity contribution in [2.45, 2.75) is 12.5 Å². The van der Waals surface area contributed by atoms with Gasteiger partial charge in [0.2, 0.25) is 0 Å². The fraction of sp³-hybridized carbons (Fsp3) is 0.333. The molecule has 0 spiro atoms. The lowest BCUT2D eigenvalue weighted by Gasteiger charge is -2.37. The zero-order valence-electron chi connectivity index (χ0n) is 7.50. The van der Waals surface area contributed by atoms with Gasteiger partial charge in [0.1, 0.15) is 0 Å². The normalized spacial score (nSPS) is 23.1. The molecule has 0 bridgehead atoms. The number of benzene rings is 1. The molecule has 4 nitrogen and oxygen atoms in total. The molecule has 0 saturated carbocycles. The molecule has 1 unspecified atom stereocenters. The molecule has 1 N–H and O–H groups in total. The van der Waals surface area contributed by atoms with Gasteiger partial charge in [-0.2, -0.15) is 12.7 Å².